The molecule has 0 aromatic rings. The Morgan fingerprint density at radius 1 is 1.33 bits per heavy atom. The molecule has 15 heavy (non-hydrogen) atoms. The molecule has 0 unspecified atom stereocenters. The van der Waals surface area contributed by atoms with Crippen molar-refractivity contribution in [3.63, 3.8) is 0 Å². The molecule has 0 aromatic carbocycles. The number of nitrogens with one attached hydrogen (secondary N) is 1. The smallest absolute Gasteiger partial charge is 0.371 e. The molecule has 1 fully saturated rings. The van der Waals surface area contributed by atoms with E-state index in [1.54, 1.807) is 0 Å². The second kappa shape index (κ2) is 5.37. The quantitative estimate of drug-likeness (QED) is 0.573. The second-order valence-corrected chi connectivity index (χ2v) is 4.13. The highest BCUT2D eigenvalue weighted by atomic mass is 35.5. The number of rotatable bonds is 6. The van der Waals surface area contributed by atoms with E-state index in [1.807, 2.05) is 0 Å². The molecule has 6 heteroatoms. The predicted octanol–water partition coefficient (Wildman–Crippen LogP) is 2.32. The Morgan fingerprint density at radius 2 is 2.00 bits per heavy atom. The summed E-state index contributed by atoms with van der Waals surface area (Å²) in [5.74, 6) is 0.506. The first-order chi connectivity index (χ1) is 6.97. The third-order valence-corrected chi connectivity index (χ3v) is 3.09. The van der Waals surface area contributed by atoms with E-state index in [0.717, 1.165) is 19.3 Å². The van der Waals surface area contributed by atoms with Gasteiger partial charge in [0.15, 0.2) is 0 Å². The lowest BCUT2D eigenvalue weighted by Gasteiger charge is -2.41. The molecule has 0 radical (unpaired) electrons. The maximum atomic E-state index is 11.7. The van der Waals surface area contributed by atoms with Crippen LogP contribution in [0.25, 0.3) is 0 Å². The van der Waals surface area contributed by atoms with Gasteiger partial charge < -0.3 is 10.1 Å². The van der Waals surface area contributed by atoms with Gasteiger partial charge in [0.2, 0.25) is 0 Å². The highest BCUT2D eigenvalue weighted by Crippen LogP contribution is 2.32. The minimum atomic E-state index is -4.24. The van der Waals surface area contributed by atoms with Crippen LogP contribution in [0.4, 0.5) is 13.2 Å². The van der Waals surface area contributed by atoms with Gasteiger partial charge in [-0.1, -0.05) is 0 Å². The molecule has 0 heterocycles. The lowest BCUT2D eigenvalue weighted by molar-refractivity contribution is -0.173. The Hall–Kier alpha value is 0. The van der Waals surface area contributed by atoms with E-state index in [-0.39, 0.29) is 12.1 Å². The summed E-state index contributed by atoms with van der Waals surface area (Å²) < 4.78 is 39.6. The first kappa shape index (κ1) is 13.1. The fraction of sp³-hybridized carbons (Fsp3) is 1.00. The van der Waals surface area contributed by atoms with Gasteiger partial charge in [0, 0.05) is 18.0 Å². The Morgan fingerprint density at radius 3 is 2.40 bits per heavy atom. The lowest BCUT2D eigenvalue weighted by atomic mass is 9.78. The van der Waals surface area contributed by atoms with E-state index in [4.69, 9.17) is 11.6 Å². The van der Waals surface area contributed by atoms with Crippen molar-refractivity contribution in [3.8, 4) is 0 Å². The molecule has 2 nitrogen and oxygen atoms in total. The summed E-state index contributed by atoms with van der Waals surface area (Å²) in [6.07, 6.45) is -1.12. The summed E-state index contributed by atoms with van der Waals surface area (Å²) in [5.41, 5.74) is -0.0524. The summed E-state index contributed by atoms with van der Waals surface area (Å²) in [6, 6.07) is 0. The molecular formula is C9H15ClF3NO. The van der Waals surface area contributed by atoms with Crippen molar-refractivity contribution >= 4 is 11.6 Å². The summed E-state index contributed by atoms with van der Waals surface area (Å²) in [7, 11) is 0. The average molecular weight is 246 g/mol. The zero-order valence-electron chi connectivity index (χ0n) is 8.37. The standard InChI is InChI=1S/C9H15ClF3NO/c10-6-8(2-1-3-8)14-4-5-15-7-9(11,12)13/h14H,1-7H2. The lowest BCUT2D eigenvalue weighted by Crippen LogP contribution is -2.53. The van der Waals surface area contributed by atoms with Crippen molar-refractivity contribution in [2.24, 2.45) is 0 Å². The van der Waals surface area contributed by atoms with Gasteiger partial charge in [-0.05, 0) is 19.3 Å². The normalized spacial score (nSPS) is 20.0. The Labute approximate surface area is 92.1 Å². The van der Waals surface area contributed by atoms with E-state index in [9.17, 15) is 13.2 Å². The third kappa shape index (κ3) is 4.57. The monoisotopic (exact) mass is 245 g/mol. The van der Waals surface area contributed by atoms with Gasteiger partial charge in [0.05, 0.1) is 6.61 Å². The van der Waals surface area contributed by atoms with Crippen LogP contribution >= 0.6 is 11.6 Å². The largest absolute Gasteiger partial charge is 0.411 e. The molecular weight excluding hydrogens is 231 g/mol. The molecule has 0 saturated heterocycles. The van der Waals surface area contributed by atoms with Crippen molar-refractivity contribution < 1.29 is 17.9 Å². The van der Waals surface area contributed by atoms with Crippen LogP contribution in [0.15, 0.2) is 0 Å². The Kier molecular flexibility index (Phi) is 4.67. The van der Waals surface area contributed by atoms with Gasteiger partial charge in [0.25, 0.3) is 0 Å². The van der Waals surface area contributed by atoms with Crippen molar-refractivity contribution in [2.75, 3.05) is 25.6 Å². The Balaban J connectivity index is 2.02. The number of alkyl halides is 4. The molecule has 1 N–H and O–H groups in total. The maximum absolute atomic E-state index is 11.7. The van der Waals surface area contributed by atoms with E-state index in [1.165, 1.54) is 0 Å². The van der Waals surface area contributed by atoms with Gasteiger partial charge in [-0.15, -0.1) is 11.6 Å². The molecule has 0 aliphatic heterocycles. The topological polar surface area (TPSA) is 21.3 Å². The van der Waals surface area contributed by atoms with Gasteiger partial charge in [-0.3, -0.25) is 0 Å². The predicted molar refractivity (Wildman–Crippen MR) is 52.2 cm³/mol. The Bertz CT molecular complexity index is 189. The van der Waals surface area contributed by atoms with Crippen LogP contribution in [0.3, 0.4) is 0 Å². The van der Waals surface area contributed by atoms with Crippen molar-refractivity contribution in [1.82, 2.24) is 5.32 Å². The molecule has 0 aromatic heterocycles. The molecule has 1 rings (SSSR count). The van der Waals surface area contributed by atoms with Crippen LogP contribution in [-0.4, -0.2) is 37.4 Å². The molecule has 1 aliphatic rings. The fourth-order valence-electron chi connectivity index (χ4n) is 1.54. The van der Waals surface area contributed by atoms with Crippen molar-refractivity contribution in [1.29, 1.82) is 0 Å². The number of hydrogen-bond acceptors (Lipinski definition) is 2. The van der Waals surface area contributed by atoms with Gasteiger partial charge in [-0.2, -0.15) is 13.2 Å². The van der Waals surface area contributed by atoms with Gasteiger partial charge in [0.1, 0.15) is 6.61 Å². The van der Waals surface area contributed by atoms with Gasteiger partial charge in [-0.25, -0.2) is 0 Å². The zero-order valence-corrected chi connectivity index (χ0v) is 9.13. The van der Waals surface area contributed by atoms with Crippen LogP contribution in [0.1, 0.15) is 19.3 Å². The maximum Gasteiger partial charge on any atom is 0.411 e. The van der Waals surface area contributed by atoms with Crippen LogP contribution in [0.5, 0.6) is 0 Å². The van der Waals surface area contributed by atoms with Crippen molar-refractivity contribution in [3.05, 3.63) is 0 Å². The summed E-state index contributed by atoms with van der Waals surface area (Å²) in [4.78, 5) is 0. The SMILES string of the molecule is FC(F)(F)COCCNC1(CCl)CCC1. The van der Waals surface area contributed by atoms with Gasteiger partial charge >= 0.3 is 6.18 Å². The highest BCUT2D eigenvalue weighted by Gasteiger charge is 2.35. The average Bonchev–Trinajstić information content (AvgIpc) is 2.06. The summed E-state index contributed by atoms with van der Waals surface area (Å²) in [6.45, 7) is -0.691. The van der Waals surface area contributed by atoms with Crippen LogP contribution in [-0.2, 0) is 4.74 Å². The van der Waals surface area contributed by atoms with Crippen molar-refractivity contribution in [2.45, 2.75) is 31.0 Å². The number of halogens is 4. The van der Waals surface area contributed by atoms with E-state index < -0.39 is 12.8 Å². The molecule has 0 bridgehead atoms. The summed E-state index contributed by atoms with van der Waals surface area (Å²) >= 11 is 5.76. The molecule has 1 saturated carbocycles. The van der Waals surface area contributed by atoms with Crippen LogP contribution in [0.2, 0.25) is 0 Å². The summed E-state index contributed by atoms with van der Waals surface area (Å²) in [5, 5.41) is 3.14. The minimum Gasteiger partial charge on any atom is -0.371 e. The number of hydrogen-bond donors (Lipinski definition) is 1. The van der Waals surface area contributed by atoms with E-state index in [0.29, 0.717) is 12.4 Å². The second-order valence-electron chi connectivity index (χ2n) is 3.86. The molecule has 0 amide bonds. The molecule has 90 valence electrons. The highest BCUT2D eigenvalue weighted by molar-refractivity contribution is 6.18. The first-order valence-electron chi connectivity index (χ1n) is 4.93. The third-order valence-electron chi connectivity index (χ3n) is 2.58. The number of ether oxygens (including phenoxy) is 1. The molecule has 0 atom stereocenters. The van der Waals surface area contributed by atoms with Crippen LogP contribution < -0.4 is 5.32 Å². The van der Waals surface area contributed by atoms with E-state index >= 15 is 0 Å². The fourth-order valence-corrected chi connectivity index (χ4v) is 1.90. The molecule has 1 aliphatic carbocycles. The van der Waals surface area contributed by atoms with E-state index in [2.05, 4.69) is 10.1 Å². The first-order valence-corrected chi connectivity index (χ1v) is 5.46. The minimum absolute atomic E-state index is 0.0524. The van der Waals surface area contributed by atoms with Crippen LogP contribution in [0, 0.1) is 0 Å². The molecule has 0 spiro atoms. The zero-order chi connectivity index (χ0) is 11.4.